The van der Waals surface area contributed by atoms with Gasteiger partial charge >= 0.3 is 0 Å². The SMILES string of the molecule is O=C(N1CCc2c(Cl)cccc21)C12CC1C2. The van der Waals surface area contributed by atoms with Crippen molar-refractivity contribution in [3.63, 3.8) is 0 Å². The topological polar surface area (TPSA) is 20.3 Å². The second kappa shape index (κ2) is 2.62. The lowest BCUT2D eigenvalue weighted by atomic mass is 10.1. The Hall–Kier alpha value is -1.02. The number of carbonyl (C=O) groups is 1. The van der Waals surface area contributed by atoms with Gasteiger partial charge < -0.3 is 4.90 Å². The molecule has 0 bridgehead atoms. The largest absolute Gasteiger partial charge is 0.311 e. The first-order valence-corrected chi connectivity index (χ1v) is 6.19. The monoisotopic (exact) mass is 233 g/mol. The van der Waals surface area contributed by atoms with Crippen LogP contribution in [-0.2, 0) is 11.2 Å². The van der Waals surface area contributed by atoms with E-state index < -0.39 is 0 Å². The summed E-state index contributed by atoms with van der Waals surface area (Å²) in [5.41, 5.74) is 2.26. The number of nitrogens with zero attached hydrogens (tertiary/aromatic N) is 1. The molecule has 0 spiro atoms. The van der Waals surface area contributed by atoms with Crippen LogP contribution in [0.5, 0.6) is 0 Å². The molecular formula is C13H12ClNO. The predicted molar refractivity (Wildman–Crippen MR) is 62.7 cm³/mol. The average Bonchev–Trinajstić information content (AvgIpc) is 3.06. The number of hydrogen-bond donors (Lipinski definition) is 0. The van der Waals surface area contributed by atoms with Gasteiger partial charge in [0.1, 0.15) is 0 Å². The highest BCUT2D eigenvalue weighted by Crippen LogP contribution is 2.76. The Morgan fingerprint density at radius 1 is 1.44 bits per heavy atom. The van der Waals surface area contributed by atoms with Gasteiger partial charge in [-0.2, -0.15) is 0 Å². The molecule has 0 N–H and O–H groups in total. The molecule has 0 aromatic heterocycles. The van der Waals surface area contributed by atoms with Gasteiger partial charge in [0.05, 0.1) is 5.41 Å². The minimum atomic E-state index is 0.0733. The fourth-order valence-corrected chi connectivity index (χ4v) is 3.19. The van der Waals surface area contributed by atoms with Crippen LogP contribution in [-0.4, -0.2) is 12.5 Å². The van der Waals surface area contributed by atoms with Crippen molar-refractivity contribution >= 4 is 23.2 Å². The van der Waals surface area contributed by atoms with Crippen LogP contribution in [0.3, 0.4) is 0 Å². The molecule has 2 aliphatic carbocycles. The lowest BCUT2D eigenvalue weighted by molar-refractivity contribution is -0.121. The van der Waals surface area contributed by atoms with Gasteiger partial charge in [-0.1, -0.05) is 17.7 Å². The normalized spacial score (nSPS) is 33.3. The number of rotatable bonds is 1. The van der Waals surface area contributed by atoms with Gasteiger partial charge in [0.25, 0.3) is 0 Å². The van der Waals surface area contributed by atoms with Crippen molar-refractivity contribution < 1.29 is 4.79 Å². The molecular weight excluding hydrogens is 222 g/mol. The summed E-state index contributed by atoms with van der Waals surface area (Å²) in [6, 6.07) is 5.86. The van der Waals surface area contributed by atoms with Crippen molar-refractivity contribution in [2.24, 2.45) is 11.3 Å². The molecule has 3 heteroatoms. The maximum Gasteiger partial charge on any atom is 0.233 e. The molecule has 1 aliphatic heterocycles. The number of amides is 1. The maximum absolute atomic E-state index is 12.3. The van der Waals surface area contributed by atoms with Crippen LogP contribution >= 0.6 is 11.6 Å². The molecule has 0 saturated heterocycles. The van der Waals surface area contributed by atoms with E-state index in [-0.39, 0.29) is 5.41 Å². The Labute approximate surface area is 99.2 Å². The summed E-state index contributed by atoms with van der Waals surface area (Å²) in [7, 11) is 0. The zero-order valence-corrected chi connectivity index (χ0v) is 9.63. The molecule has 1 amide bonds. The molecule has 2 saturated carbocycles. The molecule has 2 fully saturated rings. The van der Waals surface area contributed by atoms with Crippen molar-refractivity contribution in [1.82, 2.24) is 0 Å². The number of halogens is 1. The van der Waals surface area contributed by atoms with Crippen LogP contribution in [0.2, 0.25) is 5.02 Å². The fourth-order valence-electron chi connectivity index (χ4n) is 2.92. The van der Waals surface area contributed by atoms with E-state index in [1.54, 1.807) is 0 Å². The minimum absolute atomic E-state index is 0.0733. The Kier molecular flexibility index (Phi) is 1.48. The van der Waals surface area contributed by atoms with Crippen molar-refractivity contribution in [3.05, 3.63) is 28.8 Å². The van der Waals surface area contributed by atoms with Crippen LogP contribution in [0.15, 0.2) is 18.2 Å². The van der Waals surface area contributed by atoms with E-state index in [0.717, 1.165) is 42.1 Å². The molecule has 2 nitrogen and oxygen atoms in total. The second-order valence-electron chi connectivity index (χ2n) is 5.21. The number of benzene rings is 1. The van der Waals surface area contributed by atoms with Crippen molar-refractivity contribution in [2.45, 2.75) is 19.3 Å². The summed E-state index contributed by atoms with van der Waals surface area (Å²) < 4.78 is 0. The van der Waals surface area contributed by atoms with E-state index >= 15 is 0 Å². The number of carbonyl (C=O) groups excluding carboxylic acids is 1. The second-order valence-corrected chi connectivity index (χ2v) is 5.61. The molecule has 1 aromatic carbocycles. The zero-order chi connectivity index (χ0) is 10.9. The molecule has 1 heterocycles. The van der Waals surface area contributed by atoms with Crippen LogP contribution < -0.4 is 4.90 Å². The molecule has 0 unspecified atom stereocenters. The molecule has 4 rings (SSSR count). The van der Waals surface area contributed by atoms with Gasteiger partial charge in [-0.05, 0) is 42.9 Å². The van der Waals surface area contributed by atoms with E-state index in [1.165, 1.54) is 0 Å². The van der Waals surface area contributed by atoms with E-state index in [0.29, 0.717) is 11.8 Å². The third-order valence-corrected chi connectivity index (χ3v) is 4.68. The van der Waals surface area contributed by atoms with Gasteiger partial charge in [-0.15, -0.1) is 0 Å². The smallest absolute Gasteiger partial charge is 0.233 e. The first kappa shape index (κ1) is 9.06. The van der Waals surface area contributed by atoms with E-state index in [4.69, 9.17) is 11.6 Å². The molecule has 0 atom stereocenters. The van der Waals surface area contributed by atoms with Crippen LogP contribution in [0.1, 0.15) is 18.4 Å². The molecule has 82 valence electrons. The van der Waals surface area contributed by atoms with Crippen LogP contribution in [0.4, 0.5) is 5.69 Å². The summed E-state index contributed by atoms with van der Waals surface area (Å²) in [5, 5.41) is 0.799. The Morgan fingerprint density at radius 2 is 2.19 bits per heavy atom. The van der Waals surface area contributed by atoms with Gasteiger partial charge in [-0.25, -0.2) is 0 Å². The predicted octanol–water partition coefficient (Wildman–Crippen LogP) is 2.64. The molecule has 1 aromatic rings. The highest BCUT2D eigenvalue weighted by molar-refractivity contribution is 6.32. The maximum atomic E-state index is 12.3. The highest BCUT2D eigenvalue weighted by atomic mass is 35.5. The van der Waals surface area contributed by atoms with Crippen molar-refractivity contribution in [2.75, 3.05) is 11.4 Å². The quantitative estimate of drug-likeness (QED) is 0.730. The standard InChI is InChI=1S/C13H12ClNO/c14-10-2-1-3-11-9(10)4-5-15(11)12(16)13-6-8(13)7-13/h1-3,8H,4-7H2. The Balaban J connectivity index is 1.73. The summed E-state index contributed by atoms with van der Waals surface area (Å²) in [5.74, 6) is 1.06. The lowest BCUT2D eigenvalue weighted by Crippen LogP contribution is -2.32. The summed E-state index contributed by atoms with van der Waals surface area (Å²) in [6.07, 6.45) is 3.15. The summed E-state index contributed by atoms with van der Waals surface area (Å²) >= 11 is 6.14. The van der Waals surface area contributed by atoms with E-state index in [1.807, 2.05) is 23.1 Å². The Bertz CT molecular complexity index is 505. The van der Waals surface area contributed by atoms with Crippen LogP contribution in [0.25, 0.3) is 0 Å². The summed E-state index contributed by atoms with van der Waals surface area (Å²) in [4.78, 5) is 14.3. The fraction of sp³-hybridized carbons (Fsp3) is 0.462. The van der Waals surface area contributed by atoms with E-state index in [2.05, 4.69) is 0 Å². The average molecular weight is 234 g/mol. The van der Waals surface area contributed by atoms with Gasteiger partial charge in [0.15, 0.2) is 0 Å². The Morgan fingerprint density at radius 3 is 2.88 bits per heavy atom. The van der Waals surface area contributed by atoms with Gasteiger partial charge in [0, 0.05) is 17.3 Å². The van der Waals surface area contributed by atoms with Crippen molar-refractivity contribution in [1.29, 1.82) is 0 Å². The summed E-state index contributed by atoms with van der Waals surface area (Å²) in [6.45, 7) is 0.812. The van der Waals surface area contributed by atoms with Crippen molar-refractivity contribution in [3.8, 4) is 0 Å². The molecule has 0 radical (unpaired) electrons. The lowest BCUT2D eigenvalue weighted by Gasteiger charge is -2.19. The first-order valence-electron chi connectivity index (χ1n) is 5.82. The number of fused-ring (bicyclic) bond motifs is 2. The first-order chi connectivity index (χ1) is 7.72. The molecule has 3 aliphatic rings. The zero-order valence-electron chi connectivity index (χ0n) is 8.87. The third kappa shape index (κ3) is 0.963. The minimum Gasteiger partial charge on any atom is -0.311 e. The van der Waals surface area contributed by atoms with Gasteiger partial charge in [-0.3, -0.25) is 4.79 Å². The highest BCUT2D eigenvalue weighted by Gasteiger charge is 2.75. The third-order valence-electron chi connectivity index (χ3n) is 4.32. The van der Waals surface area contributed by atoms with Crippen LogP contribution in [0, 0.1) is 11.3 Å². The molecule has 16 heavy (non-hydrogen) atoms. The van der Waals surface area contributed by atoms with E-state index in [9.17, 15) is 4.79 Å². The number of hydrogen-bond acceptors (Lipinski definition) is 1. The van der Waals surface area contributed by atoms with Gasteiger partial charge in [0.2, 0.25) is 5.91 Å². The number of anilines is 1.